The van der Waals surface area contributed by atoms with Gasteiger partial charge in [-0.05, 0) is 12.1 Å². The third kappa shape index (κ3) is 6.14. The highest BCUT2D eigenvalue weighted by molar-refractivity contribution is 5.90. The van der Waals surface area contributed by atoms with Crippen LogP contribution in [0.2, 0.25) is 0 Å². The van der Waals surface area contributed by atoms with Crippen molar-refractivity contribution < 1.29 is 32.2 Å². The molecule has 0 aromatic heterocycles. The van der Waals surface area contributed by atoms with E-state index in [2.05, 4.69) is 15.4 Å². The third-order valence-corrected chi connectivity index (χ3v) is 3.44. The van der Waals surface area contributed by atoms with E-state index in [0.29, 0.717) is 19.7 Å². The number of benzene rings is 1. The number of carbonyl (C=O) groups excluding carboxylic acids is 2. The number of amides is 3. The maximum absolute atomic E-state index is 12.2. The molecule has 2 rings (SSSR count). The average Bonchev–Trinajstić information content (AvgIpc) is 2.83. The standard InChI is InChI=1S/C15H18F3N3O4/c1-24-6-5-21-9-11(8-13(21)22)20-14(23)19-10-3-2-4-12(7-10)25-15(16,17)18/h2-4,7,11H,5-6,8-9H2,1H3,(H2,19,20,23)/t11-/m0/s1. The topological polar surface area (TPSA) is 79.9 Å². The number of methoxy groups -OCH3 is 1. The molecule has 7 nitrogen and oxygen atoms in total. The van der Waals surface area contributed by atoms with Crippen molar-refractivity contribution >= 4 is 17.6 Å². The van der Waals surface area contributed by atoms with Crippen LogP contribution >= 0.6 is 0 Å². The molecule has 1 aliphatic rings. The molecule has 1 saturated heterocycles. The van der Waals surface area contributed by atoms with Gasteiger partial charge in [0.1, 0.15) is 5.75 Å². The molecule has 0 bridgehead atoms. The fraction of sp³-hybridized carbons (Fsp3) is 0.467. The quantitative estimate of drug-likeness (QED) is 0.812. The number of likely N-dealkylation sites (tertiary alicyclic amines) is 1. The Hall–Kier alpha value is -2.49. The predicted octanol–water partition coefficient (Wildman–Crippen LogP) is 1.95. The van der Waals surface area contributed by atoms with Crippen LogP contribution in [0.1, 0.15) is 6.42 Å². The van der Waals surface area contributed by atoms with Gasteiger partial charge in [-0.2, -0.15) is 0 Å². The summed E-state index contributed by atoms with van der Waals surface area (Å²) in [5, 5.41) is 5.03. The molecular weight excluding hydrogens is 343 g/mol. The van der Waals surface area contributed by atoms with Crippen molar-refractivity contribution in [2.75, 3.05) is 32.1 Å². The highest BCUT2D eigenvalue weighted by Gasteiger charge is 2.31. The Bertz CT molecular complexity index is 624. The van der Waals surface area contributed by atoms with E-state index < -0.39 is 18.1 Å². The van der Waals surface area contributed by atoms with Crippen molar-refractivity contribution in [1.29, 1.82) is 0 Å². The largest absolute Gasteiger partial charge is 0.573 e. The van der Waals surface area contributed by atoms with Crippen LogP contribution in [0.15, 0.2) is 24.3 Å². The minimum atomic E-state index is -4.81. The maximum atomic E-state index is 12.2. The smallest absolute Gasteiger partial charge is 0.406 e. The molecule has 10 heteroatoms. The van der Waals surface area contributed by atoms with Gasteiger partial charge in [-0.25, -0.2) is 4.79 Å². The first-order valence-corrected chi connectivity index (χ1v) is 7.47. The van der Waals surface area contributed by atoms with E-state index in [4.69, 9.17) is 4.74 Å². The van der Waals surface area contributed by atoms with Crippen molar-refractivity contribution in [3.05, 3.63) is 24.3 Å². The number of carbonyl (C=O) groups is 2. The molecule has 1 aliphatic heterocycles. The second kappa shape index (κ2) is 8.06. The first kappa shape index (κ1) is 18.8. The summed E-state index contributed by atoms with van der Waals surface area (Å²) in [6.07, 6.45) is -4.65. The minimum Gasteiger partial charge on any atom is -0.406 e. The zero-order chi connectivity index (χ0) is 18.4. The second-order valence-electron chi connectivity index (χ2n) is 5.41. The Morgan fingerprint density at radius 3 is 2.84 bits per heavy atom. The number of halogens is 3. The van der Waals surface area contributed by atoms with Crippen LogP contribution in [-0.4, -0.2) is 56.0 Å². The summed E-state index contributed by atoms with van der Waals surface area (Å²) in [4.78, 5) is 25.3. The van der Waals surface area contributed by atoms with Gasteiger partial charge in [0.2, 0.25) is 5.91 Å². The fourth-order valence-electron chi connectivity index (χ4n) is 2.41. The van der Waals surface area contributed by atoms with Gasteiger partial charge in [-0.3, -0.25) is 4.79 Å². The lowest BCUT2D eigenvalue weighted by molar-refractivity contribution is -0.274. The molecule has 1 fully saturated rings. The number of anilines is 1. The zero-order valence-corrected chi connectivity index (χ0v) is 13.4. The first-order valence-electron chi connectivity index (χ1n) is 7.47. The molecule has 1 aromatic carbocycles. The van der Waals surface area contributed by atoms with Gasteiger partial charge < -0.3 is 25.0 Å². The monoisotopic (exact) mass is 361 g/mol. The summed E-state index contributed by atoms with van der Waals surface area (Å²) < 4.78 is 45.3. The number of rotatable bonds is 6. The Kier molecular flexibility index (Phi) is 6.07. The molecule has 1 atom stereocenters. The van der Waals surface area contributed by atoms with Gasteiger partial charge in [-0.1, -0.05) is 6.07 Å². The van der Waals surface area contributed by atoms with Gasteiger partial charge in [0.15, 0.2) is 0 Å². The SMILES string of the molecule is COCCN1C[C@@H](NC(=O)Nc2cccc(OC(F)(F)F)c2)CC1=O. The molecule has 0 saturated carbocycles. The molecule has 1 heterocycles. The Morgan fingerprint density at radius 1 is 1.40 bits per heavy atom. The van der Waals surface area contributed by atoms with Crippen molar-refractivity contribution in [3.63, 3.8) is 0 Å². The van der Waals surface area contributed by atoms with Crippen LogP contribution in [-0.2, 0) is 9.53 Å². The van der Waals surface area contributed by atoms with Gasteiger partial charge in [-0.15, -0.1) is 13.2 Å². The van der Waals surface area contributed by atoms with Gasteiger partial charge in [0, 0.05) is 38.4 Å². The zero-order valence-electron chi connectivity index (χ0n) is 13.4. The number of urea groups is 1. The lowest BCUT2D eigenvalue weighted by Crippen LogP contribution is -2.40. The molecule has 0 radical (unpaired) electrons. The number of nitrogens with one attached hydrogen (secondary N) is 2. The van der Waals surface area contributed by atoms with E-state index in [1.54, 1.807) is 4.90 Å². The van der Waals surface area contributed by atoms with Gasteiger partial charge >= 0.3 is 12.4 Å². The van der Waals surface area contributed by atoms with Crippen molar-refractivity contribution in [2.24, 2.45) is 0 Å². The summed E-state index contributed by atoms with van der Waals surface area (Å²) >= 11 is 0. The molecule has 2 N–H and O–H groups in total. The Balaban J connectivity index is 1.86. The van der Waals surface area contributed by atoms with E-state index >= 15 is 0 Å². The van der Waals surface area contributed by atoms with Gasteiger partial charge in [0.25, 0.3) is 0 Å². The van der Waals surface area contributed by atoms with Crippen molar-refractivity contribution in [3.8, 4) is 5.75 Å². The van der Waals surface area contributed by atoms with Crippen LogP contribution in [0.3, 0.4) is 0 Å². The third-order valence-electron chi connectivity index (χ3n) is 3.44. The highest BCUT2D eigenvalue weighted by Crippen LogP contribution is 2.25. The molecule has 0 unspecified atom stereocenters. The van der Waals surface area contributed by atoms with E-state index in [0.717, 1.165) is 12.1 Å². The molecule has 1 aromatic rings. The number of hydrogen-bond donors (Lipinski definition) is 2. The minimum absolute atomic E-state index is 0.0945. The molecule has 0 spiro atoms. The molecule has 3 amide bonds. The number of alkyl halides is 3. The molecule has 0 aliphatic carbocycles. The average molecular weight is 361 g/mol. The Morgan fingerprint density at radius 2 is 2.16 bits per heavy atom. The van der Waals surface area contributed by atoms with E-state index in [1.165, 1.54) is 19.2 Å². The second-order valence-corrected chi connectivity index (χ2v) is 5.41. The van der Waals surface area contributed by atoms with E-state index in [9.17, 15) is 22.8 Å². The lowest BCUT2D eigenvalue weighted by Gasteiger charge is -2.17. The number of nitrogens with zero attached hydrogens (tertiary/aromatic N) is 1. The predicted molar refractivity (Wildman–Crippen MR) is 82.1 cm³/mol. The normalized spacial score (nSPS) is 17.5. The van der Waals surface area contributed by atoms with Crippen molar-refractivity contribution in [2.45, 2.75) is 18.8 Å². The fourth-order valence-corrected chi connectivity index (χ4v) is 2.41. The Labute approximate surface area is 142 Å². The van der Waals surface area contributed by atoms with Crippen LogP contribution in [0.5, 0.6) is 5.75 Å². The summed E-state index contributed by atoms with van der Waals surface area (Å²) in [6, 6.07) is 3.93. The summed E-state index contributed by atoms with van der Waals surface area (Å²) in [7, 11) is 1.53. The van der Waals surface area contributed by atoms with Crippen molar-refractivity contribution in [1.82, 2.24) is 10.2 Å². The van der Waals surface area contributed by atoms with E-state index in [-0.39, 0.29) is 24.1 Å². The summed E-state index contributed by atoms with van der Waals surface area (Å²) in [5.74, 6) is -0.532. The van der Waals surface area contributed by atoms with Gasteiger partial charge in [0.05, 0.1) is 12.6 Å². The molecular formula is C15H18F3N3O4. The summed E-state index contributed by atoms with van der Waals surface area (Å²) in [6.45, 7) is 1.19. The molecule has 25 heavy (non-hydrogen) atoms. The van der Waals surface area contributed by atoms with Crippen LogP contribution < -0.4 is 15.4 Å². The van der Waals surface area contributed by atoms with Crippen LogP contribution in [0.25, 0.3) is 0 Å². The van der Waals surface area contributed by atoms with Crippen LogP contribution in [0.4, 0.5) is 23.7 Å². The highest BCUT2D eigenvalue weighted by atomic mass is 19.4. The number of ether oxygens (including phenoxy) is 2. The molecule has 138 valence electrons. The first-order chi connectivity index (χ1) is 11.8. The maximum Gasteiger partial charge on any atom is 0.573 e. The van der Waals surface area contributed by atoms with Crippen LogP contribution in [0, 0.1) is 0 Å². The summed E-state index contributed by atoms with van der Waals surface area (Å²) in [5.41, 5.74) is 0.139. The number of hydrogen-bond acceptors (Lipinski definition) is 4. The van der Waals surface area contributed by atoms with E-state index in [1.807, 2.05) is 0 Å². The lowest BCUT2D eigenvalue weighted by atomic mass is 10.2.